The molecule has 0 fully saturated rings. The quantitative estimate of drug-likeness (QED) is 0.709. The number of nitrogens with zero attached hydrogens (tertiary/aromatic N) is 2. The van der Waals surface area contributed by atoms with Crippen LogP contribution in [0.25, 0.3) is 0 Å². The van der Waals surface area contributed by atoms with Crippen LogP contribution in [0.4, 0.5) is 5.82 Å². The zero-order valence-corrected chi connectivity index (χ0v) is 7.77. The average molecular weight is 189 g/mol. The van der Waals surface area contributed by atoms with Gasteiger partial charge in [0.2, 0.25) is 0 Å². The highest BCUT2D eigenvalue weighted by molar-refractivity contribution is 5.85. The molecule has 0 spiro atoms. The van der Waals surface area contributed by atoms with Crippen molar-refractivity contribution in [2.75, 3.05) is 5.73 Å². The summed E-state index contributed by atoms with van der Waals surface area (Å²) in [7, 11) is 0. The summed E-state index contributed by atoms with van der Waals surface area (Å²) < 4.78 is 0. The van der Waals surface area contributed by atoms with E-state index in [4.69, 9.17) is 11.5 Å². The van der Waals surface area contributed by atoms with Gasteiger partial charge in [0.1, 0.15) is 11.6 Å². The van der Waals surface area contributed by atoms with Gasteiger partial charge in [-0.3, -0.25) is 0 Å². The van der Waals surface area contributed by atoms with Crippen LogP contribution in [0.1, 0.15) is 18.3 Å². The first-order chi connectivity index (χ1) is 5.27. The van der Waals surface area contributed by atoms with Crippen LogP contribution in [0.3, 0.4) is 0 Å². The predicted molar refractivity (Wildman–Crippen MR) is 51.0 cm³/mol. The maximum atomic E-state index is 5.58. The monoisotopic (exact) mass is 188 g/mol. The minimum atomic E-state index is 0. The molecule has 0 aliphatic rings. The molecule has 0 radical (unpaired) electrons. The normalized spacial score (nSPS) is 9.17. The molecule has 1 aromatic heterocycles. The fourth-order valence-corrected chi connectivity index (χ4v) is 0.786. The second kappa shape index (κ2) is 4.90. The molecule has 1 rings (SSSR count). The van der Waals surface area contributed by atoms with Crippen LogP contribution in [0, 0.1) is 0 Å². The van der Waals surface area contributed by atoms with E-state index in [1.807, 2.05) is 6.92 Å². The fraction of sp³-hybridized carbons (Fsp3) is 0.429. The fourth-order valence-electron chi connectivity index (χ4n) is 0.786. The van der Waals surface area contributed by atoms with Crippen molar-refractivity contribution in [1.29, 1.82) is 0 Å². The Bertz CT molecular complexity index is 251. The summed E-state index contributed by atoms with van der Waals surface area (Å²) in [5.74, 6) is 1.26. The van der Waals surface area contributed by atoms with E-state index in [0.29, 0.717) is 12.4 Å². The number of aryl methyl sites for hydroxylation is 1. The van der Waals surface area contributed by atoms with Crippen LogP contribution in [0.2, 0.25) is 0 Å². The van der Waals surface area contributed by atoms with Gasteiger partial charge in [0.25, 0.3) is 0 Å². The Hall–Kier alpha value is -0.870. The number of hydrogen-bond donors (Lipinski definition) is 2. The molecular weight excluding hydrogens is 176 g/mol. The molecule has 0 saturated heterocycles. The second-order valence-corrected chi connectivity index (χ2v) is 2.25. The molecule has 0 saturated carbocycles. The molecule has 4 nitrogen and oxygen atoms in total. The summed E-state index contributed by atoms with van der Waals surface area (Å²) in [5, 5.41) is 0. The molecular formula is C7H13ClN4. The average Bonchev–Trinajstić information content (AvgIpc) is 2.04. The van der Waals surface area contributed by atoms with Gasteiger partial charge in [-0.25, -0.2) is 9.97 Å². The first-order valence-corrected chi connectivity index (χ1v) is 3.58. The smallest absolute Gasteiger partial charge is 0.131 e. The summed E-state index contributed by atoms with van der Waals surface area (Å²) in [6, 6.07) is 0. The maximum absolute atomic E-state index is 5.58. The Balaban J connectivity index is 0.00000121. The Labute approximate surface area is 77.8 Å². The van der Waals surface area contributed by atoms with Crippen LogP contribution in [0.5, 0.6) is 0 Å². The van der Waals surface area contributed by atoms with E-state index < -0.39 is 0 Å². The topological polar surface area (TPSA) is 77.8 Å². The van der Waals surface area contributed by atoms with Gasteiger partial charge < -0.3 is 11.5 Å². The maximum Gasteiger partial charge on any atom is 0.131 e. The number of nitrogens with two attached hydrogens (primary N) is 2. The van der Waals surface area contributed by atoms with E-state index in [-0.39, 0.29) is 12.4 Å². The molecule has 68 valence electrons. The lowest BCUT2D eigenvalue weighted by molar-refractivity contribution is 0.914. The summed E-state index contributed by atoms with van der Waals surface area (Å²) in [6.07, 6.45) is 2.48. The van der Waals surface area contributed by atoms with Gasteiger partial charge in [-0.05, 0) is 0 Å². The van der Waals surface area contributed by atoms with Crippen LogP contribution in [0.15, 0.2) is 6.20 Å². The minimum absolute atomic E-state index is 0. The summed E-state index contributed by atoms with van der Waals surface area (Å²) in [6.45, 7) is 2.38. The molecule has 1 aromatic rings. The van der Waals surface area contributed by atoms with E-state index in [0.717, 1.165) is 17.8 Å². The van der Waals surface area contributed by atoms with Crippen LogP contribution in [-0.4, -0.2) is 9.97 Å². The summed E-state index contributed by atoms with van der Waals surface area (Å²) in [4.78, 5) is 8.11. The Morgan fingerprint density at radius 2 is 2.17 bits per heavy atom. The minimum Gasteiger partial charge on any atom is -0.383 e. The molecule has 0 amide bonds. The van der Waals surface area contributed by atoms with Crippen LogP contribution < -0.4 is 11.5 Å². The number of aromatic nitrogens is 2. The number of nitrogen functional groups attached to an aromatic ring is 1. The highest BCUT2D eigenvalue weighted by Crippen LogP contribution is 2.05. The van der Waals surface area contributed by atoms with E-state index >= 15 is 0 Å². The Kier molecular flexibility index (Phi) is 4.54. The van der Waals surface area contributed by atoms with Crippen molar-refractivity contribution in [2.45, 2.75) is 19.9 Å². The molecule has 0 atom stereocenters. The third-order valence-electron chi connectivity index (χ3n) is 1.48. The van der Waals surface area contributed by atoms with Crippen molar-refractivity contribution in [2.24, 2.45) is 5.73 Å². The Morgan fingerprint density at radius 1 is 1.50 bits per heavy atom. The predicted octanol–water partition coefficient (Wildman–Crippen LogP) is 0.502. The molecule has 1 heterocycles. The molecule has 0 aliphatic carbocycles. The van der Waals surface area contributed by atoms with Gasteiger partial charge in [0, 0.05) is 24.7 Å². The SMILES string of the molecule is CCc1ncc(CN)c(N)n1.Cl. The zero-order chi connectivity index (χ0) is 8.27. The van der Waals surface area contributed by atoms with Crippen molar-refractivity contribution in [3.05, 3.63) is 17.6 Å². The highest BCUT2D eigenvalue weighted by atomic mass is 35.5. The zero-order valence-electron chi connectivity index (χ0n) is 6.95. The van der Waals surface area contributed by atoms with Crippen molar-refractivity contribution < 1.29 is 0 Å². The Morgan fingerprint density at radius 3 is 2.58 bits per heavy atom. The molecule has 4 N–H and O–H groups in total. The lowest BCUT2D eigenvalue weighted by atomic mass is 10.3. The third-order valence-corrected chi connectivity index (χ3v) is 1.48. The lowest BCUT2D eigenvalue weighted by Gasteiger charge is -2.01. The van der Waals surface area contributed by atoms with Crippen LogP contribution >= 0.6 is 12.4 Å². The van der Waals surface area contributed by atoms with Crippen molar-refractivity contribution >= 4 is 18.2 Å². The molecule has 0 aliphatic heterocycles. The summed E-state index contributed by atoms with van der Waals surface area (Å²) in [5.41, 5.74) is 11.8. The number of halogens is 1. The summed E-state index contributed by atoms with van der Waals surface area (Å²) >= 11 is 0. The van der Waals surface area contributed by atoms with Gasteiger partial charge in [0.15, 0.2) is 0 Å². The largest absolute Gasteiger partial charge is 0.383 e. The van der Waals surface area contributed by atoms with E-state index in [9.17, 15) is 0 Å². The van der Waals surface area contributed by atoms with E-state index in [1.165, 1.54) is 0 Å². The van der Waals surface area contributed by atoms with E-state index in [1.54, 1.807) is 6.20 Å². The molecule has 5 heteroatoms. The molecule has 12 heavy (non-hydrogen) atoms. The van der Waals surface area contributed by atoms with Gasteiger partial charge in [0.05, 0.1) is 0 Å². The van der Waals surface area contributed by atoms with Crippen molar-refractivity contribution in [1.82, 2.24) is 9.97 Å². The number of hydrogen-bond acceptors (Lipinski definition) is 4. The number of rotatable bonds is 2. The first kappa shape index (κ1) is 11.1. The number of anilines is 1. The second-order valence-electron chi connectivity index (χ2n) is 2.25. The van der Waals surface area contributed by atoms with Gasteiger partial charge in [-0.15, -0.1) is 12.4 Å². The van der Waals surface area contributed by atoms with E-state index in [2.05, 4.69) is 9.97 Å². The standard InChI is InChI=1S/C7H12N4.ClH/c1-2-6-10-4-5(3-8)7(9)11-6;/h4H,2-3,8H2,1H3,(H2,9,10,11);1H. The highest BCUT2D eigenvalue weighted by Gasteiger charge is 1.99. The van der Waals surface area contributed by atoms with Crippen molar-refractivity contribution in [3.8, 4) is 0 Å². The van der Waals surface area contributed by atoms with Gasteiger partial charge in [-0.1, -0.05) is 6.92 Å². The molecule has 0 bridgehead atoms. The molecule has 0 aromatic carbocycles. The first-order valence-electron chi connectivity index (χ1n) is 3.58. The lowest BCUT2D eigenvalue weighted by Crippen LogP contribution is -2.06. The van der Waals surface area contributed by atoms with Gasteiger partial charge in [-0.2, -0.15) is 0 Å². The van der Waals surface area contributed by atoms with Gasteiger partial charge >= 0.3 is 0 Å². The molecule has 0 unspecified atom stereocenters. The third kappa shape index (κ3) is 2.32. The van der Waals surface area contributed by atoms with Crippen LogP contribution in [-0.2, 0) is 13.0 Å². The van der Waals surface area contributed by atoms with Crippen molar-refractivity contribution in [3.63, 3.8) is 0 Å².